The molecular weight excluding hydrogens is 802 g/mol. The molecule has 10 atom stereocenters. The fourth-order valence-corrected chi connectivity index (χ4v) is 12.0. The molecule has 7 heterocycles. The predicted molar refractivity (Wildman–Crippen MR) is 198 cm³/mol. The number of nitrogen functional groups attached to an aromatic ring is 2. The van der Waals surface area contributed by atoms with Gasteiger partial charge >= 0.3 is 7.82 Å². The van der Waals surface area contributed by atoms with Crippen molar-refractivity contribution in [2.45, 2.75) is 86.3 Å². The van der Waals surface area contributed by atoms with Gasteiger partial charge in [0.05, 0.1) is 37.2 Å². The molecule has 26 heteroatoms. The summed E-state index contributed by atoms with van der Waals surface area (Å²) >= 11 is 11.5. The number of anilines is 2. The summed E-state index contributed by atoms with van der Waals surface area (Å²) in [6.45, 7) is 9.33. The number of nitrogens with two attached hydrogens (primary N) is 2. The van der Waals surface area contributed by atoms with Crippen molar-refractivity contribution < 1.29 is 41.1 Å². The monoisotopic (exact) mass is 838 g/mol. The van der Waals surface area contributed by atoms with Gasteiger partial charge in [-0.1, -0.05) is 33.0 Å². The molecule has 4 aromatic rings. The molecule has 0 radical (unpaired) electrons. The van der Waals surface area contributed by atoms with Crippen molar-refractivity contribution in [2.24, 2.45) is 0 Å². The van der Waals surface area contributed by atoms with Crippen LogP contribution in [-0.4, -0.2) is 101 Å². The van der Waals surface area contributed by atoms with Crippen LogP contribution in [0, 0.1) is 0 Å². The van der Waals surface area contributed by atoms with Gasteiger partial charge in [0.1, 0.15) is 35.5 Å². The topological polar surface area (TPSA) is 252 Å². The summed E-state index contributed by atoms with van der Waals surface area (Å²) in [6, 6.07) is 0. The van der Waals surface area contributed by atoms with Crippen LogP contribution in [0.25, 0.3) is 22.3 Å². The Morgan fingerprint density at radius 1 is 1.10 bits per heavy atom. The first-order chi connectivity index (χ1) is 24.3. The van der Waals surface area contributed by atoms with Crippen molar-refractivity contribution in [3.05, 3.63) is 29.3 Å². The maximum Gasteiger partial charge on any atom is 0.472 e. The minimum atomic E-state index is -5.00. The van der Waals surface area contributed by atoms with E-state index in [0.717, 1.165) is 0 Å². The van der Waals surface area contributed by atoms with E-state index in [1.165, 1.54) is 39.9 Å². The first-order valence-corrected chi connectivity index (χ1v) is 25.0. The highest BCUT2D eigenvalue weighted by atomic mass is 32.9. The zero-order valence-electron chi connectivity index (χ0n) is 28.3. The molecule has 2 unspecified atom stereocenters. The Morgan fingerprint density at radius 3 is 2.54 bits per heavy atom. The molecule has 3 aliphatic rings. The number of aromatic amines is 1. The van der Waals surface area contributed by atoms with Crippen molar-refractivity contribution >= 4 is 91.7 Å². The molecule has 52 heavy (non-hydrogen) atoms. The summed E-state index contributed by atoms with van der Waals surface area (Å²) in [4.78, 5) is 47.2. The van der Waals surface area contributed by atoms with E-state index in [4.69, 9.17) is 50.5 Å². The number of H-pyrrole nitrogens is 1. The standard InChI is InChI=1S/C26H37FN10O9P2S3Si/c1-26(2,3)52(4,5)46-17-12-7-42-48(49,50)45-16-11(43-23(13(16)27)36-9-32-14-19(28)30-8-31-20(14)36)6-41-47(39,40)44-18(17)24(51-12)37-10-33-15-21(37)34-25(29)35-22(15)38/h8-13,16-18,23-24H,6-7H2,1-5H3,(H,39,40)(H,49,50)(H2,28,30,31)(H3,29,34,35,38)/t11-,12-,13+,16-,17-,18-,23-,24-/m1/s1. The number of hydrogen-bond acceptors (Lipinski definition) is 17. The molecule has 0 aliphatic carbocycles. The highest BCUT2D eigenvalue weighted by Gasteiger charge is 2.56. The molecule has 0 amide bonds. The number of aromatic nitrogens is 8. The van der Waals surface area contributed by atoms with E-state index in [9.17, 15) is 14.3 Å². The number of imidazole rings is 2. The van der Waals surface area contributed by atoms with Crippen molar-refractivity contribution in [1.29, 1.82) is 0 Å². The normalized spacial score (nSPS) is 34.9. The highest BCUT2D eigenvalue weighted by molar-refractivity contribution is 8.60. The van der Waals surface area contributed by atoms with Gasteiger partial charge in [-0.3, -0.25) is 28.0 Å². The van der Waals surface area contributed by atoms with Gasteiger partial charge in [-0.25, -0.2) is 28.9 Å². The molecule has 7 rings (SSSR count). The number of halogens is 1. The third kappa shape index (κ3) is 7.11. The zero-order chi connectivity index (χ0) is 37.5. The largest absolute Gasteiger partial charge is 0.472 e. The number of phosphoric ester groups is 1. The fourth-order valence-electron chi connectivity index (χ4n) is 5.91. The fraction of sp³-hybridized carbons (Fsp3) is 0.615. The molecule has 0 saturated carbocycles. The van der Waals surface area contributed by atoms with E-state index in [2.05, 4.69) is 42.2 Å². The predicted octanol–water partition coefficient (Wildman–Crippen LogP) is 3.44. The molecule has 0 spiro atoms. The molecule has 6 N–H and O–H groups in total. The number of hydrogen-bond donors (Lipinski definition) is 5. The van der Waals surface area contributed by atoms with E-state index in [1.807, 2.05) is 33.9 Å². The first-order valence-electron chi connectivity index (χ1n) is 15.8. The number of thiol groups is 1. The number of alkyl halides is 1. The summed E-state index contributed by atoms with van der Waals surface area (Å²) in [6.07, 6.45) is -4.35. The Kier molecular flexibility index (Phi) is 10.0. The molecule has 4 aromatic heterocycles. The minimum absolute atomic E-state index is 0.00761. The van der Waals surface area contributed by atoms with Crippen LogP contribution in [0.1, 0.15) is 32.4 Å². The van der Waals surface area contributed by atoms with Gasteiger partial charge in [-0.05, 0) is 29.9 Å². The third-order valence-corrected chi connectivity index (χ3v) is 18.7. The second-order valence-electron chi connectivity index (χ2n) is 13.9. The average molecular weight is 839 g/mol. The maximum atomic E-state index is 16.4. The average Bonchev–Trinajstić information content (AvgIpc) is 3.80. The number of thioether (sulfide) groups is 1. The van der Waals surface area contributed by atoms with Crippen molar-refractivity contribution in [2.75, 3.05) is 24.7 Å². The van der Waals surface area contributed by atoms with Gasteiger partial charge in [0, 0.05) is 0 Å². The lowest BCUT2D eigenvalue weighted by molar-refractivity contribution is -0.0481. The van der Waals surface area contributed by atoms with Crippen molar-refractivity contribution in [3.8, 4) is 0 Å². The van der Waals surface area contributed by atoms with E-state index >= 15 is 4.39 Å². The number of rotatable bonds is 4. The lowest BCUT2D eigenvalue weighted by Gasteiger charge is -2.41. The molecule has 2 bridgehead atoms. The van der Waals surface area contributed by atoms with Gasteiger partial charge in [0.2, 0.25) is 11.6 Å². The molecule has 0 aromatic carbocycles. The molecule has 3 saturated heterocycles. The van der Waals surface area contributed by atoms with Crippen molar-refractivity contribution in [3.63, 3.8) is 0 Å². The molecule has 284 valence electrons. The second-order valence-corrected chi connectivity index (χ2v) is 26.7. The van der Waals surface area contributed by atoms with Gasteiger partial charge in [-0.15, -0.1) is 11.8 Å². The Bertz CT molecular complexity index is 2170. The summed E-state index contributed by atoms with van der Waals surface area (Å²) in [5.74, 6) is -0.0802. The number of nitrogens with one attached hydrogen (secondary N) is 1. The molecule has 3 fully saturated rings. The van der Waals surface area contributed by atoms with Crippen LogP contribution in [0.5, 0.6) is 0 Å². The lowest BCUT2D eigenvalue weighted by atomic mass is 10.1. The first kappa shape index (κ1) is 38.2. The van der Waals surface area contributed by atoms with Crippen LogP contribution in [0.3, 0.4) is 0 Å². The third-order valence-electron chi connectivity index (χ3n) is 9.49. The summed E-state index contributed by atoms with van der Waals surface area (Å²) in [7, 11) is -7.63. The van der Waals surface area contributed by atoms with Crippen LogP contribution >= 0.6 is 37.5 Å². The Balaban J connectivity index is 1.27. The SMILES string of the molecule is CC(C)(C)[Si](C)(C)O[C@H]1[C@H]2OP(=O)(O)OC[C@H]3O[C@@H](n4cnc5c(N)ncnc54)[C@@H](F)[C@@H]3OP(=S)(S)OC[C@H]1S[C@H]2n1cnc2c(=O)[nH]c(N)nc21. The van der Waals surface area contributed by atoms with Crippen LogP contribution in [0.4, 0.5) is 16.2 Å². The summed E-state index contributed by atoms with van der Waals surface area (Å²) < 4.78 is 69.8. The summed E-state index contributed by atoms with van der Waals surface area (Å²) in [5, 5.41) is -1.79. The number of nitrogens with zero attached hydrogens (tertiary/aromatic N) is 7. The number of ether oxygens (including phenoxy) is 1. The van der Waals surface area contributed by atoms with Gasteiger partial charge in [0.25, 0.3) is 5.56 Å². The van der Waals surface area contributed by atoms with Crippen LogP contribution < -0.4 is 17.0 Å². The van der Waals surface area contributed by atoms with Gasteiger partial charge < -0.3 is 34.6 Å². The smallest absolute Gasteiger partial charge is 0.410 e. The summed E-state index contributed by atoms with van der Waals surface area (Å²) in [5.41, 5.74) is 8.18. The number of fused-ring (bicyclic) bond motifs is 5. The van der Waals surface area contributed by atoms with E-state index in [-0.39, 0.29) is 45.7 Å². The molecule has 19 nitrogen and oxygen atoms in total. The van der Waals surface area contributed by atoms with E-state index in [1.54, 1.807) is 0 Å². The molecule has 3 aliphatic heterocycles. The maximum absolute atomic E-state index is 16.4. The highest BCUT2D eigenvalue weighted by Crippen LogP contribution is 2.61. The van der Waals surface area contributed by atoms with Gasteiger partial charge in [-0.2, -0.15) is 4.98 Å². The Labute approximate surface area is 311 Å². The van der Waals surface area contributed by atoms with E-state index < -0.39 is 81.4 Å². The van der Waals surface area contributed by atoms with Gasteiger partial charge in [0.15, 0.2) is 43.3 Å². The quantitative estimate of drug-likeness (QED) is 0.112. The van der Waals surface area contributed by atoms with Crippen molar-refractivity contribution in [1.82, 2.24) is 39.0 Å². The Morgan fingerprint density at radius 2 is 1.81 bits per heavy atom. The van der Waals surface area contributed by atoms with E-state index in [0.29, 0.717) is 0 Å². The second kappa shape index (κ2) is 13.6. The number of phosphoric acid groups is 1. The van der Waals surface area contributed by atoms with Crippen LogP contribution in [-0.2, 0) is 43.6 Å². The Hall–Kier alpha value is -2.05. The van der Waals surface area contributed by atoms with Crippen LogP contribution in [0.15, 0.2) is 23.8 Å². The minimum Gasteiger partial charge on any atom is -0.410 e. The lowest BCUT2D eigenvalue weighted by Crippen LogP contribution is -2.50. The van der Waals surface area contributed by atoms with Crippen LogP contribution in [0.2, 0.25) is 18.1 Å². The zero-order valence-corrected chi connectivity index (χ0v) is 33.6. The molecular formula is C26H37FN10O9P2S3Si.